The van der Waals surface area contributed by atoms with Gasteiger partial charge in [-0.25, -0.2) is 4.98 Å². The topological polar surface area (TPSA) is 34.2 Å². The Hall–Kier alpha value is -1.39. The summed E-state index contributed by atoms with van der Waals surface area (Å²) in [6.45, 7) is 3.81. The van der Waals surface area contributed by atoms with Gasteiger partial charge in [0.25, 0.3) is 0 Å². The molecule has 0 fully saturated rings. The van der Waals surface area contributed by atoms with Gasteiger partial charge in [-0.15, -0.1) is 11.3 Å². The fourth-order valence-corrected chi connectivity index (χ4v) is 2.96. The molecule has 0 amide bonds. The van der Waals surface area contributed by atoms with Gasteiger partial charge in [-0.05, 0) is 18.6 Å². The molecule has 3 nitrogen and oxygen atoms in total. The molecule has 1 aromatic carbocycles. The minimum atomic E-state index is 0.260. The molecule has 2 aromatic rings. The molecule has 3 rings (SSSR count). The van der Waals surface area contributed by atoms with Crippen molar-refractivity contribution in [2.45, 2.75) is 26.0 Å². The summed E-state index contributed by atoms with van der Waals surface area (Å²) in [5, 5.41) is 3.45. The summed E-state index contributed by atoms with van der Waals surface area (Å²) >= 11 is 1.70. The normalized spacial score (nSPS) is 17.5. The molecule has 18 heavy (non-hydrogen) atoms. The van der Waals surface area contributed by atoms with Crippen LogP contribution < -0.4 is 10.1 Å². The lowest BCUT2D eigenvalue weighted by Crippen LogP contribution is -2.29. The van der Waals surface area contributed by atoms with Crippen molar-refractivity contribution >= 4 is 11.3 Å². The van der Waals surface area contributed by atoms with Gasteiger partial charge in [0, 0.05) is 24.4 Å². The summed E-state index contributed by atoms with van der Waals surface area (Å²) in [4.78, 5) is 5.56. The lowest BCUT2D eigenvalue weighted by atomic mass is 10.1. The van der Waals surface area contributed by atoms with Crippen LogP contribution in [0.2, 0.25) is 0 Å². The predicted octanol–water partition coefficient (Wildman–Crippen LogP) is 2.54. The van der Waals surface area contributed by atoms with Gasteiger partial charge in [0.1, 0.15) is 11.9 Å². The molecule has 1 aliphatic rings. The van der Waals surface area contributed by atoms with E-state index >= 15 is 0 Å². The van der Waals surface area contributed by atoms with Gasteiger partial charge >= 0.3 is 0 Å². The highest BCUT2D eigenvalue weighted by Crippen LogP contribution is 2.27. The molecule has 0 spiro atoms. The van der Waals surface area contributed by atoms with Crippen molar-refractivity contribution < 1.29 is 4.74 Å². The summed E-state index contributed by atoms with van der Waals surface area (Å²) in [6.07, 6.45) is 1.26. The average molecular weight is 260 g/mol. The Labute approximate surface area is 111 Å². The Kier molecular flexibility index (Phi) is 3.30. The zero-order chi connectivity index (χ0) is 12.4. The highest BCUT2D eigenvalue weighted by Gasteiger charge is 2.21. The summed E-state index contributed by atoms with van der Waals surface area (Å²) in [5.41, 5.74) is 4.34. The van der Waals surface area contributed by atoms with Crippen molar-refractivity contribution in [1.82, 2.24) is 10.3 Å². The monoisotopic (exact) mass is 260 g/mol. The smallest absolute Gasteiger partial charge is 0.123 e. The minimum Gasteiger partial charge on any atom is -0.488 e. The SMILES string of the molecule is Cc1ncsc1CNCC1Cc2ccccc2O1. The number of rotatable bonds is 4. The summed E-state index contributed by atoms with van der Waals surface area (Å²) in [5.74, 6) is 1.04. The maximum absolute atomic E-state index is 5.88. The van der Waals surface area contributed by atoms with E-state index in [9.17, 15) is 0 Å². The fourth-order valence-electron chi connectivity index (χ4n) is 2.21. The lowest BCUT2D eigenvalue weighted by molar-refractivity contribution is 0.227. The van der Waals surface area contributed by atoms with Crippen molar-refractivity contribution in [2.75, 3.05) is 6.54 Å². The molecule has 0 radical (unpaired) electrons. The van der Waals surface area contributed by atoms with Crippen LogP contribution >= 0.6 is 11.3 Å². The van der Waals surface area contributed by atoms with Crippen molar-refractivity contribution in [3.63, 3.8) is 0 Å². The van der Waals surface area contributed by atoms with E-state index in [0.29, 0.717) is 0 Å². The number of thiazole rings is 1. The maximum Gasteiger partial charge on any atom is 0.123 e. The number of benzene rings is 1. The third kappa shape index (κ3) is 2.40. The first-order chi connectivity index (χ1) is 8.83. The zero-order valence-electron chi connectivity index (χ0n) is 10.3. The van der Waals surface area contributed by atoms with E-state index in [1.165, 1.54) is 10.4 Å². The van der Waals surface area contributed by atoms with E-state index in [-0.39, 0.29) is 6.10 Å². The Morgan fingerprint density at radius 2 is 2.33 bits per heavy atom. The molecule has 0 bridgehead atoms. The van der Waals surface area contributed by atoms with Gasteiger partial charge in [0.05, 0.1) is 11.2 Å². The van der Waals surface area contributed by atoms with Gasteiger partial charge < -0.3 is 10.1 Å². The standard InChI is InChI=1S/C14H16N2OS/c1-10-14(18-9-16-10)8-15-7-12-6-11-4-2-3-5-13(11)17-12/h2-5,9,12,15H,6-8H2,1H3. The van der Waals surface area contributed by atoms with Crippen molar-refractivity contribution in [2.24, 2.45) is 0 Å². The number of aryl methyl sites for hydroxylation is 1. The molecule has 0 aliphatic carbocycles. The molecule has 1 atom stereocenters. The Morgan fingerprint density at radius 3 is 3.11 bits per heavy atom. The first kappa shape index (κ1) is 11.7. The van der Waals surface area contributed by atoms with Crippen LogP contribution in [-0.2, 0) is 13.0 Å². The highest BCUT2D eigenvalue weighted by molar-refractivity contribution is 7.09. The van der Waals surface area contributed by atoms with E-state index < -0.39 is 0 Å². The van der Waals surface area contributed by atoms with E-state index in [1.807, 2.05) is 17.6 Å². The number of aromatic nitrogens is 1. The van der Waals surface area contributed by atoms with E-state index in [0.717, 1.165) is 31.0 Å². The third-order valence-electron chi connectivity index (χ3n) is 3.22. The fraction of sp³-hybridized carbons (Fsp3) is 0.357. The number of fused-ring (bicyclic) bond motifs is 1. The molecule has 1 unspecified atom stereocenters. The van der Waals surface area contributed by atoms with Crippen LogP contribution in [0.25, 0.3) is 0 Å². The van der Waals surface area contributed by atoms with E-state index in [2.05, 4.69) is 29.4 Å². The number of hydrogen-bond acceptors (Lipinski definition) is 4. The van der Waals surface area contributed by atoms with Crippen LogP contribution in [0.1, 0.15) is 16.1 Å². The molecular formula is C14H16N2OS. The molecule has 0 saturated carbocycles. The van der Waals surface area contributed by atoms with Crippen LogP contribution in [0.5, 0.6) is 5.75 Å². The lowest BCUT2D eigenvalue weighted by Gasteiger charge is -2.11. The van der Waals surface area contributed by atoms with Gasteiger partial charge in [-0.2, -0.15) is 0 Å². The van der Waals surface area contributed by atoms with Crippen molar-refractivity contribution in [3.05, 3.63) is 45.9 Å². The third-order valence-corrected chi connectivity index (χ3v) is 4.15. The van der Waals surface area contributed by atoms with Crippen LogP contribution in [0.15, 0.2) is 29.8 Å². The van der Waals surface area contributed by atoms with Gasteiger partial charge in [-0.3, -0.25) is 0 Å². The maximum atomic E-state index is 5.88. The summed E-state index contributed by atoms with van der Waals surface area (Å²) in [7, 11) is 0. The number of hydrogen-bond donors (Lipinski definition) is 1. The molecule has 0 saturated heterocycles. The first-order valence-corrected chi connectivity index (χ1v) is 7.05. The van der Waals surface area contributed by atoms with Gasteiger partial charge in [-0.1, -0.05) is 18.2 Å². The average Bonchev–Trinajstić information content (AvgIpc) is 2.96. The first-order valence-electron chi connectivity index (χ1n) is 6.17. The second kappa shape index (κ2) is 5.08. The molecule has 1 aromatic heterocycles. The Bertz CT molecular complexity index is 513. The minimum absolute atomic E-state index is 0.260. The zero-order valence-corrected chi connectivity index (χ0v) is 11.2. The number of para-hydroxylation sites is 1. The number of nitrogens with zero attached hydrogens (tertiary/aromatic N) is 1. The Morgan fingerprint density at radius 1 is 1.44 bits per heavy atom. The van der Waals surface area contributed by atoms with Gasteiger partial charge in [0.15, 0.2) is 0 Å². The van der Waals surface area contributed by atoms with Crippen LogP contribution in [0.4, 0.5) is 0 Å². The molecule has 1 aliphatic heterocycles. The number of ether oxygens (including phenoxy) is 1. The highest BCUT2D eigenvalue weighted by atomic mass is 32.1. The van der Waals surface area contributed by atoms with Crippen LogP contribution in [-0.4, -0.2) is 17.6 Å². The van der Waals surface area contributed by atoms with E-state index in [1.54, 1.807) is 11.3 Å². The predicted molar refractivity (Wildman–Crippen MR) is 73.1 cm³/mol. The quantitative estimate of drug-likeness (QED) is 0.917. The molecule has 1 N–H and O–H groups in total. The van der Waals surface area contributed by atoms with E-state index in [4.69, 9.17) is 4.74 Å². The molecule has 94 valence electrons. The number of nitrogens with one attached hydrogen (secondary N) is 1. The second-order valence-electron chi connectivity index (χ2n) is 4.54. The van der Waals surface area contributed by atoms with Crippen molar-refractivity contribution in [3.8, 4) is 5.75 Å². The molecular weight excluding hydrogens is 244 g/mol. The van der Waals surface area contributed by atoms with Crippen LogP contribution in [0.3, 0.4) is 0 Å². The Balaban J connectivity index is 1.50. The summed E-state index contributed by atoms with van der Waals surface area (Å²) < 4.78 is 5.88. The van der Waals surface area contributed by atoms with Crippen LogP contribution in [0, 0.1) is 6.92 Å². The molecule has 4 heteroatoms. The van der Waals surface area contributed by atoms with Crippen molar-refractivity contribution in [1.29, 1.82) is 0 Å². The second-order valence-corrected chi connectivity index (χ2v) is 5.48. The largest absolute Gasteiger partial charge is 0.488 e. The van der Waals surface area contributed by atoms with Gasteiger partial charge in [0.2, 0.25) is 0 Å². The summed E-state index contributed by atoms with van der Waals surface area (Å²) in [6, 6.07) is 8.28. The molecule has 2 heterocycles.